The number of likely N-dealkylation sites (N-methyl/N-ethyl adjacent to an activating group) is 1. The number of benzene rings is 1. The average Bonchev–Trinajstić information content (AvgIpc) is 3.22. The first-order chi connectivity index (χ1) is 10.8. The van der Waals surface area contributed by atoms with Crippen LogP contribution in [0.25, 0.3) is 0 Å². The molecule has 5 nitrogen and oxygen atoms in total. The Morgan fingerprint density at radius 1 is 1.26 bits per heavy atom. The van der Waals surface area contributed by atoms with Crippen molar-refractivity contribution < 1.29 is 23.5 Å². The Kier molecular flexibility index (Phi) is 5.30. The zero-order valence-electron chi connectivity index (χ0n) is 13.1. The number of carbonyl (C=O) groups is 2. The maximum atomic E-state index is 13.8. The fourth-order valence-electron chi connectivity index (χ4n) is 2.60. The fourth-order valence-corrected chi connectivity index (χ4v) is 2.60. The van der Waals surface area contributed by atoms with Crippen LogP contribution in [-0.4, -0.2) is 60.5 Å². The molecule has 1 N–H and O–H groups in total. The summed E-state index contributed by atoms with van der Waals surface area (Å²) in [5.41, 5.74) is 0.313. The summed E-state index contributed by atoms with van der Waals surface area (Å²) in [4.78, 5) is 26.5. The molecular formula is C16H20F2N2O3. The summed E-state index contributed by atoms with van der Waals surface area (Å²) in [5.74, 6) is -3.43. The number of hydrogen-bond donors (Lipinski definition) is 1. The lowest BCUT2D eigenvalue weighted by Gasteiger charge is -2.23. The molecule has 0 radical (unpaired) electrons. The quantitative estimate of drug-likeness (QED) is 0.826. The minimum Gasteiger partial charge on any atom is -0.480 e. The summed E-state index contributed by atoms with van der Waals surface area (Å²) >= 11 is 0. The SMILES string of the molecule is CN(C)CCN(CC(=O)O)C(=O)C1CC1c1ccc(F)cc1F. The Balaban J connectivity index is 2.05. The molecule has 2 atom stereocenters. The third-order valence-electron chi connectivity index (χ3n) is 3.92. The minimum absolute atomic E-state index is 0.289. The van der Waals surface area contributed by atoms with E-state index in [1.165, 1.54) is 17.0 Å². The van der Waals surface area contributed by atoms with E-state index in [0.29, 0.717) is 25.1 Å². The zero-order chi connectivity index (χ0) is 17.1. The third-order valence-corrected chi connectivity index (χ3v) is 3.92. The van der Waals surface area contributed by atoms with Gasteiger partial charge in [0, 0.05) is 25.1 Å². The van der Waals surface area contributed by atoms with Crippen LogP contribution in [0.1, 0.15) is 17.9 Å². The molecule has 0 spiro atoms. The van der Waals surface area contributed by atoms with Crippen molar-refractivity contribution in [3.05, 3.63) is 35.4 Å². The van der Waals surface area contributed by atoms with Gasteiger partial charge in [-0.05, 0) is 38.1 Å². The van der Waals surface area contributed by atoms with Gasteiger partial charge in [-0.15, -0.1) is 0 Å². The second-order valence-corrected chi connectivity index (χ2v) is 6.07. The number of halogens is 2. The third kappa shape index (κ3) is 4.48. The molecule has 0 aromatic heterocycles. The van der Waals surface area contributed by atoms with Crippen LogP contribution >= 0.6 is 0 Å². The highest BCUT2D eigenvalue weighted by atomic mass is 19.1. The van der Waals surface area contributed by atoms with Gasteiger partial charge in [0.25, 0.3) is 0 Å². The van der Waals surface area contributed by atoms with E-state index < -0.39 is 23.5 Å². The number of rotatable bonds is 7. The lowest BCUT2D eigenvalue weighted by molar-refractivity contribution is -0.145. The molecule has 0 bridgehead atoms. The van der Waals surface area contributed by atoms with Crippen molar-refractivity contribution in [3.63, 3.8) is 0 Å². The first-order valence-corrected chi connectivity index (χ1v) is 7.40. The molecule has 126 valence electrons. The number of carboxylic acids is 1. The molecule has 23 heavy (non-hydrogen) atoms. The first-order valence-electron chi connectivity index (χ1n) is 7.40. The summed E-state index contributed by atoms with van der Waals surface area (Å²) in [6, 6.07) is 3.32. The van der Waals surface area contributed by atoms with E-state index in [9.17, 15) is 18.4 Å². The summed E-state index contributed by atoms with van der Waals surface area (Å²) in [7, 11) is 3.66. The highest BCUT2D eigenvalue weighted by Gasteiger charge is 2.47. The normalized spacial score (nSPS) is 19.7. The Morgan fingerprint density at radius 2 is 1.96 bits per heavy atom. The molecular weight excluding hydrogens is 306 g/mol. The van der Waals surface area contributed by atoms with Gasteiger partial charge in [0.05, 0.1) is 0 Å². The van der Waals surface area contributed by atoms with Crippen LogP contribution in [0.15, 0.2) is 18.2 Å². The predicted octanol–water partition coefficient (Wildman–Crippen LogP) is 1.54. The Hall–Kier alpha value is -2.02. The summed E-state index contributed by atoms with van der Waals surface area (Å²) < 4.78 is 26.7. The molecule has 1 amide bonds. The van der Waals surface area contributed by atoms with Crippen molar-refractivity contribution in [2.24, 2.45) is 5.92 Å². The second-order valence-electron chi connectivity index (χ2n) is 6.07. The van der Waals surface area contributed by atoms with Gasteiger partial charge in [-0.2, -0.15) is 0 Å². The molecule has 2 unspecified atom stereocenters. The number of amides is 1. The van der Waals surface area contributed by atoms with Crippen molar-refractivity contribution in [1.82, 2.24) is 9.80 Å². The van der Waals surface area contributed by atoms with E-state index in [-0.39, 0.29) is 18.4 Å². The molecule has 1 fully saturated rings. The standard InChI is InChI=1S/C16H20F2N2O3/c1-19(2)5-6-20(9-15(21)22)16(23)13-8-12(13)11-4-3-10(17)7-14(11)18/h3-4,7,12-13H,5-6,8-9H2,1-2H3,(H,21,22). The van der Waals surface area contributed by atoms with Crippen molar-refractivity contribution in [2.75, 3.05) is 33.7 Å². The van der Waals surface area contributed by atoms with Crippen molar-refractivity contribution in [1.29, 1.82) is 0 Å². The highest BCUT2D eigenvalue weighted by molar-refractivity contribution is 5.86. The van der Waals surface area contributed by atoms with Crippen LogP contribution in [0.4, 0.5) is 8.78 Å². The van der Waals surface area contributed by atoms with E-state index in [0.717, 1.165) is 6.07 Å². The number of carbonyl (C=O) groups excluding carboxylic acids is 1. The molecule has 1 aromatic rings. The number of hydrogen-bond acceptors (Lipinski definition) is 3. The molecule has 7 heteroatoms. The van der Waals surface area contributed by atoms with Crippen molar-refractivity contribution >= 4 is 11.9 Å². The lowest BCUT2D eigenvalue weighted by Crippen LogP contribution is -2.41. The molecule has 0 aliphatic heterocycles. The summed E-state index contributed by atoms with van der Waals surface area (Å²) in [6.07, 6.45) is 0.458. The average molecular weight is 326 g/mol. The van der Waals surface area contributed by atoms with Crippen LogP contribution in [-0.2, 0) is 9.59 Å². The Morgan fingerprint density at radius 3 is 2.52 bits per heavy atom. The largest absolute Gasteiger partial charge is 0.480 e. The van der Waals surface area contributed by atoms with E-state index in [2.05, 4.69) is 0 Å². The molecule has 0 heterocycles. The van der Waals surface area contributed by atoms with Gasteiger partial charge in [0.1, 0.15) is 18.2 Å². The van der Waals surface area contributed by atoms with Gasteiger partial charge in [-0.1, -0.05) is 6.07 Å². The highest BCUT2D eigenvalue weighted by Crippen LogP contribution is 2.49. The van der Waals surface area contributed by atoms with E-state index in [4.69, 9.17) is 5.11 Å². The number of carboxylic acid groups (broad SMARTS) is 1. The lowest BCUT2D eigenvalue weighted by atomic mass is 10.1. The predicted molar refractivity (Wildman–Crippen MR) is 80.0 cm³/mol. The molecule has 1 saturated carbocycles. The molecule has 2 rings (SSSR count). The minimum atomic E-state index is -1.08. The number of aliphatic carboxylic acids is 1. The monoisotopic (exact) mass is 326 g/mol. The van der Waals surface area contributed by atoms with Crippen LogP contribution in [0.3, 0.4) is 0 Å². The number of nitrogens with zero attached hydrogens (tertiary/aromatic N) is 2. The molecule has 1 aromatic carbocycles. The van der Waals surface area contributed by atoms with Gasteiger partial charge in [0.2, 0.25) is 5.91 Å². The van der Waals surface area contributed by atoms with E-state index >= 15 is 0 Å². The molecule has 1 aliphatic rings. The van der Waals surface area contributed by atoms with Crippen LogP contribution in [0.5, 0.6) is 0 Å². The Labute approximate surface area is 133 Å². The van der Waals surface area contributed by atoms with Gasteiger partial charge in [-0.3, -0.25) is 9.59 Å². The van der Waals surface area contributed by atoms with E-state index in [1.54, 1.807) is 0 Å². The first kappa shape index (κ1) is 17.3. The van der Waals surface area contributed by atoms with Crippen molar-refractivity contribution in [3.8, 4) is 0 Å². The topological polar surface area (TPSA) is 60.9 Å². The van der Waals surface area contributed by atoms with Gasteiger partial charge in [0.15, 0.2) is 0 Å². The van der Waals surface area contributed by atoms with E-state index in [1.807, 2.05) is 19.0 Å². The van der Waals surface area contributed by atoms with Gasteiger partial charge < -0.3 is 14.9 Å². The maximum Gasteiger partial charge on any atom is 0.323 e. The van der Waals surface area contributed by atoms with Gasteiger partial charge in [-0.25, -0.2) is 8.78 Å². The fraction of sp³-hybridized carbons (Fsp3) is 0.500. The second kappa shape index (κ2) is 7.04. The molecule has 1 aliphatic carbocycles. The smallest absolute Gasteiger partial charge is 0.323 e. The van der Waals surface area contributed by atoms with Crippen molar-refractivity contribution in [2.45, 2.75) is 12.3 Å². The van der Waals surface area contributed by atoms with Crippen LogP contribution < -0.4 is 0 Å². The summed E-state index contributed by atoms with van der Waals surface area (Å²) in [5, 5.41) is 8.95. The van der Waals surface area contributed by atoms with Crippen LogP contribution in [0, 0.1) is 17.6 Å². The van der Waals surface area contributed by atoms with Crippen LogP contribution in [0.2, 0.25) is 0 Å². The maximum absolute atomic E-state index is 13.8. The summed E-state index contributed by atoms with van der Waals surface area (Å²) in [6.45, 7) is 0.469. The zero-order valence-corrected chi connectivity index (χ0v) is 13.1. The molecule has 0 saturated heterocycles. The van der Waals surface area contributed by atoms with Gasteiger partial charge >= 0.3 is 5.97 Å². The Bertz CT molecular complexity index is 607.